The second-order valence-corrected chi connectivity index (χ2v) is 5.33. The van der Waals surface area contributed by atoms with Gasteiger partial charge < -0.3 is 9.84 Å². The van der Waals surface area contributed by atoms with Gasteiger partial charge in [-0.25, -0.2) is 0 Å². The molecular weight excluding hydrogens is 259 g/mol. The molecule has 1 N–H and O–H groups in total. The second kappa shape index (κ2) is 5.57. The Kier molecular flexibility index (Phi) is 4.31. The fraction of sp³-hybridized carbons (Fsp3) is 0.538. The van der Waals surface area contributed by atoms with Crippen molar-refractivity contribution in [3.05, 3.63) is 33.8 Å². The van der Waals surface area contributed by atoms with Crippen LogP contribution in [0.15, 0.2) is 18.2 Å². The molecule has 1 fully saturated rings. The van der Waals surface area contributed by atoms with Gasteiger partial charge in [0, 0.05) is 6.42 Å². The van der Waals surface area contributed by atoms with Crippen LogP contribution >= 0.6 is 23.2 Å². The van der Waals surface area contributed by atoms with Crippen molar-refractivity contribution in [2.24, 2.45) is 0 Å². The fourth-order valence-corrected chi connectivity index (χ4v) is 2.58. The van der Waals surface area contributed by atoms with Crippen molar-refractivity contribution in [2.75, 3.05) is 0 Å². The maximum Gasteiger partial charge on any atom is 0.0842 e. The minimum atomic E-state index is -0.518. The highest BCUT2D eigenvalue weighted by Gasteiger charge is 2.28. The topological polar surface area (TPSA) is 29.5 Å². The van der Waals surface area contributed by atoms with Crippen molar-refractivity contribution in [1.29, 1.82) is 0 Å². The van der Waals surface area contributed by atoms with E-state index in [1.54, 1.807) is 6.07 Å². The van der Waals surface area contributed by atoms with Crippen LogP contribution in [-0.2, 0) is 11.2 Å². The van der Waals surface area contributed by atoms with Crippen LogP contribution in [0.4, 0.5) is 0 Å². The highest BCUT2D eigenvalue weighted by Crippen LogP contribution is 2.29. The molecule has 0 bridgehead atoms. The van der Waals surface area contributed by atoms with E-state index in [-0.39, 0.29) is 12.2 Å². The Bertz CT molecular complexity index is 395. The SMILES string of the molecule is CC1CCC(C(O)Cc2cccc(Cl)c2Cl)O1. The number of rotatable bonds is 3. The molecule has 17 heavy (non-hydrogen) atoms. The summed E-state index contributed by atoms with van der Waals surface area (Å²) in [4.78, 5) is 0. The molecule has 3 atom stereocenters. The first kappa shape index (κ1) is 13.2. The summed E-state index contributed by atoms with van der Waals surface area (Å²) >= 11 is 12.0. The normalized spacial score (nSPS) is 26.1. The van der Waals surface area contributed by atoms with Crippen LogP contribution in [0, 0.1) is 0 Å². The standard InChI is InChI=1S/C13H16Cl2O2/c1-8-5-6-12(17-8)11(16)7-9-3-2-4-10(14)13(9)15/h2-4,8,11-12,16H,5-7H2,1H3. The minimum absolute atomic E-state index is 0.0833. The van der Waals surface area contributed by atoms with Gasteiger partial charge >= 0.3 is 0 Å². The number of aliphatic hydroxyl groups excluding tert-OH is 1. The zero-order chi connectivity index (χ0) is 12.4. The van der Waals surface area contributed by atoms with E-state index in [1.807, 2.05) is 19.1 Å². The predicted octanol–water partition coefficient (Wildman–Crippen LogP) is 3.46. The van der Waals surface area contributed by atoms with Gasteiger partial charge in [0.05, 0.1) is 28.4 Å². The zero-order valence-electron chi connectivity index (χ0n) is 9.70. The molecule has 0 amide bonds. The van der Waals surface area contributed by atoms with E-state index in [0.717, 1.165) is 18.4 Å². The van der Waals surface area contributed by atoms with E-state index in [9.17, 15) is 5.11 Å². The first-order valence-electron chi connectivity index (χ1n) is 5.84. The third kappa shape index (κ3) is 3.14. The fourth-order valence-electron chi connectivity index (χ4n) is 2.18. The van der Waals surface area contributed by atoms with Gasteiger partial charge in [-0.05, 0) is 31.4 Å². The summed E-state index contributed by atoms with van der Waals surface area (Å²) in [6.07, 6.45) is 2.03. The first-order valence-corrected chi connectivity index (χ1v) is 6.60. The number of ether oxygens (including phenoxy) is 1. The Morgan fingerprint density at radius 2 is 2.18 bits per heavy atom. The number of halogens is 2. The van der Waals surface area contributed by atoms with Crippen molar-refractivity contribution in [3.8, 4) is 0 Å². The smallest absolute Gasteiger partial charge is 0.0842 e. The van der Waals surface area contributed by atoms with E-state index in [4.69, 9.17) is 27.9 Å². The lowest BCUT2D eigenvalue weighted by Crippen LogP contribution is -2.28. The number of aliphatic hydroxyl groups is 1. The molecule has 4 heteroatoms. The van der Waals surface area contributed by atoms with Gasteiger partial charge in [-0.1, -0.05) is 35.3 Å². The van der Waals surface area contributed by atoms with Crippen LogP contribution in [0.3, 0.4) is 0 Å². The van der Waals surface area contributed by atoms with Gasteiger partial charge in [-0.3, -0.25) is 0 Å². The third-order valence-corrected chi connectivity index (χ3v) is 4.01. The van der Waals surface area contributed by atoms with Crippen molar-refractivity contribution in [3.63, 3.8) is 0 Å². The lowest BCUT2D eigenvalue weighted by molar-refractivity contribution is -0.0278. The summed E-state index contributed by atoms with van der Waals surface area (Å²) in [5.74, 6) is 0. The van der Waals surface area contributed by atoms with E-state index < -0.39 is 6.10 Å². The van der Waals surface area contributed by atoms with Crippen LogP contribution in [0.2, 0.25) is 10.0 Å². The van der Waals surface area contributed by atoms with Crippen LogP contribution in [-0.4, -0.2) is 23.4 Å². The Hall–Kier alpha value is -0.280. The average molecular weight is 275 g/mol. The van der Waals surface area contributed by atoms with Crippen molar-refractivity contribution >= 4 is 23.2 Å². The highest BCUT2D eigenvalue weighted by atomic mass is 35.5. The second-order valence-electron chi connectivity index (χ2n) is 4.55. The Morgan fingerprint density at radius 1 is 1.41 bits per heavy atom. The summed E-state index contributed by atoms with van der Waals surface area (Å²) in [6, 6.07) is 5.47. The Balaban J connectivity index is 2.03. The summed E-state index contributed by atoms with van der Waals surface area (Å²) in [7, 11) is 0. The maximum atomic E-state index is 10.1. The van der Waals surface area contributed by atoms with Crippen molar-refractivity contribution in [1.82, 2.24) is 0 Å². The maximum absolute atomic E-state index is 10.1. The highest BCUT2D eigenvalue weighted by molar-refractivity contribution is 6.42. The first-order chi connectivity index (χ1) is 8.08. The molecule has 1 saturated heterocycles. The van der Waals surface area contributed by atoms with E-state index >= 15 is 0 Å². The molecule has 1 aliphatic rings. The molecular formula is C13H16Cl2O2. The molecule has 2 rings (SSSR count). The van der Waals surface area contributed by atoms with Gasteiger partial charge in [-0.15, -0.1) is 0 Å². The molecule has 0 aliphatic carbocycles. The summed E-state index contributed by atoms with van der Waals surface area (Å²) in [5.41, 5.74) is 0.870. The molecule has 1 aliphatic heterocycles. The molecule has 1 aromatic rings. The Morgan fingerprint density at radius 3 is 2.82 bits per heavy atom. The van der Waals surface area contributed by atoms with E-state index in [1.165, 1.54) is 0 Å². The van der Waals surface area contributed by atoms with E-state index in [0.29, 0.717) is 16.5 Å². The lowest BCUT2D eigenvalue weighted by Gasteiger charge is -2.19. The molecule has 1 heterocycles. The van der Waals surface area contributed by atoms with Gasteiger partial charge in [-0.2, -0.15) is 0 Å². The third-order valence-electron chi connectivity index (χ3n) is 3.15. The van der Waals surface area contributed by atoms with Gasteiger partial charge in [0.15, 0.2) is 0 Å². The summed E-state index contributed by atoms with van der Waals surface area (Å²) < 4.78 is 5.64. The van der Waals surface area contributed by atoms with E-state index in [2.05, 4.69) is 0 Å². The van der Waals surface area contributed by atoms with Crippen LogP contribution in [0.5, 0.6) is 0 Å². The molecule has 0 saturated carbocycles. The van der Waals surface area contributed by atoms with Crippen LogP contribution in [0.25, 0.3) is 0 Å². The monoisotopic (exact) mass is 274 g/mol. The predicted molar refractivity (Wildman–Crippen MR) is 69.7 cm³/mol. The van der Waals surface area contributed by atoms with Crippen LogP contribution < -0.4 is 0 Å². The number of benzene rings is 1. The number of hydrogen-bond donors (Lipinski definition) is 1. The van der Waals surface area contributed by atoms with Gasteiger partial charge in [0.2, 0.25) is 0 Å². The molecule has 0 radical (unpaired) electrons. The van der Waals surface area contributed by atoms with Crippen molar-refractivity contribution < 1.29 is 9.84 Å². The van der Waals surface area contributed by atoms with Gasteiger partial charge in [0.1, 0.15) is 0 Å². The molecule has 2 nitrogen and oxygen atoms in total. The molecule has 94 valence electrons. The molecule has 1 aromatic carbocycles. The quantitative estimate of drug-likeness (QED) is 0.915. The Labute approximate surface area is 111 Å². The number of hydrogen-bond acceptors (Lipinski definition) is 2. The average Bonchev–Trinajstić information content (AvgIpc) is 2.72. The summed E-state index contributed by atoms with van der Waals surface area (Å²) in [5, 5.41) is 11.2. The minimum Gasteiger partial charge on any atom is -0.390 e. The van der Waals surface area contributed by atoms with Gasteiger partial charge in [0.25, 0.3) is 0 Å². The zero-order valence-corrected chi connectivity index (χ0v) is 11.2. The lowest BCUT2D eigenvalue weighted by atomic mass is 10.0. The largest absolute Gasteiger partial charge is 0.390 e. The molecule has 0 spiro atoms. The van der Waals surface area contributed by atoms with Crippen molar-refractivity contribution in [2.45, 2.75) is 44.5 Å². The molecule has 3 unspecified atom stereocenters. The van der Waals surface area contributed by atoms with Crippen LogP contribution in [0.1, 0.15) is 25.3 Å². The molecule has 0 aromatic heterocycles. The summed E-state index contributed by atoms with van der Waals surface area (Å²) in [6.45, 7) is 2.03.